The number of methoxy groups -OCH3 is 1. The van der Waals surface area contributed by atoms with E-state index in [1.54, 1.807) is 54.6 Å². The quantitative estimate of drug-likeness (QED) is 0.566. The van der Waals surface area contributed by atoms with Gasteiger partial charge in [-0.1, -0.05) is 30.3 Å². The average Bonchev–Trinajstić information content (AvgIpc) is 2.70. The number of amides is 1. The summed E-state index contributed by atoms with van der Waals surface area (Å²) >= 11 is 3.31. The molecule has 3 aromatic rings. The van der Waals surface area contributed by atoms with Crippen molar-refractivity contribution in [2.75, 3.05) is 17.1 Å². The van der Waals surface area contributed by atoms with Crippen molar-refractivity contribution >= 4 is 43.2 Å². The summed E-state index contributed by atoms with van der Waals surface area (Å²) in [4.78, 5) is 12.4. The van der Waals surface area contributed by atoms with E-state index in [0.29, 0.717) is 21.5 Å². The highest BCUT2D eigenvalue weighted by Gasteiger charge is 2.19. The van der Waals surface area contributed by atoms with Crippen LogP contribution in [0.3, 0.4) is 0 Å². The van der Waals surface area contributed by atoms with E-state index in [0.717, 1.165) is 0 Å². The molecule has 0 spiro atoms. The van der Waals surface area contributed by atoms with E-state index in [1.807, 2.05) is 0 Å². The van der Waals surface area contributed by atoms with Gasteiger partial charge >= 0.3 is 0 Å². The van der Waals surface area contributed by atoms with E-state index < -0.39 is 10.0 Å². The molecule has 0 radical (unpaired) electrons. The maximum atomic E-state index is 12.8. The zero-order valence-corrected chi connectivity index (χ0v) is 17.2. The van der Waals surface area contributed by atoms with Gasteiger partial charge in [-0.3, -0.25) is 9.52 Å². The summed E-state index contributed by atoms with van der Waals surface area (Å²) in [5, 5.41) is 2.70. The zero-order valence-electron chi connectivity index (χ0n) is 14.8. The predicted molar refractivity (Wildman–Crippen MR) is 112 cm³/mol. The van der Waals surface area contributed by atoms with Crippen LogP contribution in [0.1, 0.15) is 10.4 Å². The van der Waals surface area contributed by atoms with Crippen molar-refractivity contribution < 1.29 is 17.9 Å². The molecule has 0 aliphatic heterocycles. The number of para-hydroxylation sites is 1. The largest absolute Gasteiger partial charge is 0.495 e. The van der Waals surface area contributed by atoms with Crippen LogP contribution in [-0.2, 0) is 10.0 Å². The number of anilines is 2. The number of nitrogens with one attached hydrogen (secondary N) is 2. The van der Waals surface area contributed by atoms with Gasteiger partial charge in [0.25, 0.3) is 15.9 Å². The van der Waals surface area contributed by atoms with Crippen molar-refractivity contribution in [2.24, 2.45) is 0 Å². The van der Waals surface area contributed by atoms with Crippen molar-refractivity contribution in [1.82, 2.24) is 0 Å². The fourth-order valence-electron chi connectivity index (χ4n) is 2.48. The van der Waals surface area contributed by atoms with Crippen molar-refractivity contribution in [2.45, 2.75) is 4.90 Å². The summed E-state index contributed by atoms with van der Waals surface area (Å²) in [7, 11) is -2.43. The molecule has 0 heterocycles. The van der Waals surface area contributed by atoms with E-state index in [1.165, 1.54) is 25.3 Å². The topological polar surface area (TPSA) is 84.5 Å². The number of hydrogen-bond donors (Lipinski definition) is 2. The molecule has 0 aliphatic carbocycles. The van der Waals surface area contributed by atoms with E-state index in [4.69, 9.17) is 4.74 Å². The van der Waals surface area contributed by atoms with E-state index >= 15 is 0 Å². The molecule has 0 saturated carbocycles. The summed E-state index contributed by atoms with van der Waals surface area (Å²) in [5.74, 6) is -0.0173. The van der Waals surface area contributed by atoms with E-state index in [-0.39, 0.29) is 16.5 Å². The summed E-state index contributed by atoms with van der Waals surface area (Å²) in [5.41, 5.74) is 1.11. The highest BCUT2D eigenvalue weighted by atomic mass is 79.9. The van der Waals surface area contributed by atoms with Crippen LogP contribution >= 0.6 is 15.9 Å². The molecule has 1 amide bonds. The Labute approximate surface area is 171 Å². The fraction of sp³-hybridized carbons (Fsp3) is 0.0500. The van der Waals surface area contributed by atoms with Gasteiger partial charge in [0, 0.05) is 10.0 Å². The van der Waals surface area contributed by atoms with Crippen LogP contribution in [0.5, 0.6) is 5.75 Å². The first-order valence-electron chi connectivity index (χ1n) is 8.22. The molecule has 0 unspecified atom stereocenters. The van der Waals surface area contributed by atoms with Crippen molar-refractivity contribution in [1.29, 1.82) is 0 Å². The lowest BCUT2D eigenvalue weighted by atomic mass is 10.2. The monoisotopic (exact) mass is 460 g/mol. The predicted octanol–water partition coefficient (Wildman–Crippen LogP) is 4.51. The molecule has 144 valence electrons. The molecular formula is C20H17BrN2O4S. The summed E-state index contributed by atoms with van der Waals surface area (Å²) < 4.78 is 33.9. The third-order valence-electron chi connectivity index (χ3n) is 3.88. The van der Waals surface area contributed by atoms with Gasteiger partial charge < -0.3 is 10.1 Å². The minimum atomic E-state index is -3.87. The minimum absolute atomic E-state index is 0.00702. The van der Waals surface area contributed by atoms with E-state index in [9.17, 15) is 13.2 Å². The molecule has 0 atom stereocenters. The normalized spacial score (nSPS) is 10.9. The SMILES string of the molecule is COc1ccc(S(=O)(=O)Nc2ccccc2Br)cc1NC(=O)c1ccccc1. The first-order valence-corrected chi connectivity index (χ1v) is 10.5. The molecule has 3 aromatic carbocycles. The number of halogens is 1. The van der Waals surface area contributed by atoms with Gasteiger partial charge in [0.05, 0.1) is 23.4 Å². The Kier molecular flexibility index (Phi) is 6.01. The number of benzene rings is 3. The Hall–Kier alpha value is -2.84. The summed E-state index contributed by atoms with van der Waals surface area (Å²) in [6, 6.07) is 19.8. The van der Waals surface area contributed by atoms with Gasteiger partial charge in [-0.05, 0) is 58.4 Å². The molecule has 2 N–H and O–H groups in total. The Bertz CT molecular complexity index is 1100. The molecule has 28 heavy (non-hydrogen) atoms. The average molecular weight is 461 g/mol. The number of hydrogen-bond acceptors (Lipinski definition) is 4. The van der Waals surface area contributed by atoms with Crippen LogP contribution in [0.15, 0.2) is 82.2 Å². The highest BCUT2D eigenvalue weighted by Crippen LogP contribution is 2.30. The lowest BCUT2D eigenvalue weighted by Crippen LogP contribution is -2.16. The van der Waals surface area contributed by atoms with E-state index in [2.05, 4.69) is 26.0 Å². The van der Waals surface area contributed by atoms with Crippen molar-refractivity contribution in [3.05, 3.63) is 82.8 Å². The van der Waals surface area contributed by atoms with Crippen LogP contribution in [0.4, 0.5) is 11.4 Å². The van der Waals surface area contributed by atoms with Gasteiger partial charge in [0.2, 0.25) is 0 Å². The Morgan fingerprint density at radius 2 is 1.61 bits per heavy atom. The molecule has 0 bridgehead atoms. The lowest BCUT2D eigenvalue weighted by Gasteiger charge is -2.14. The molecule has 0 aromatic heterocycles. The van der Waals surface area contributed by atoms with Gasteiger partial charge in [0.15, 0.2) is 0 Å². The Morgan fingerprint density at radius 3 is 2.29 bits per heavy atom. The van der Waals surface area contributed by atoms with Crippen molar-refractivity contribution in [3.63, 3.8) is 0 Å². The number of rotatable bonds is 6. The maximum absolute atomic E-state index is 12.8. The lowest BCUT2D eigenvalue weighted by molar-refractivity contribution is 0.102. The molecule has 6 nitrogen and oxygen atoms in total. The first-order chi connectivity index (χ1) is 13.4. The van der Waals surface area contributed by atoms with Crippen LogP contribution in [0.25, 0.3) is 0 Å². The fourth-order valence-corrected chi connectivity index (χ4v) is 4.10. The third kappa shape index (κ3) is 4.52. The second-order valence-electron chi connectivity index (χ2n) is 5.77. The molecule has 0 fully saturated rings. The van der Waals surface area contributed by atoms with Crippen LogP contribution in [0.2, 0.25) is 0 Å². The molecule has 8 heteroatoms. The number of ether oxygens (including phenoxy) is 1. The first kappa shape index (κ1) is 19.9. The van der Waals surface area contributed by atoms with Crippen molar-refractivity contribution in [3.8, 4) is 5.75 Å². The smallest absolute Gasteiger partial charge is 0.262 e. The Morgan fingerprint density at radius 1 is 0.929 bits per heavy atom. The van der Waals surface area contributed by atoms with Crippen LogP contribution in [0, 0.1) is 0 Å². The molecule has 0 aliphatic rings. The van der Waals surface area contributed by atoms with Crippen LogP contribution in [-0.4, -0.2) is 21.4 Å². The van der Waals surface area contributed by atoms with Gasteiger partial charge in [-0.2, -0.15) is 0 Å². The number of carbonyl (C=O) groups is 1. The zero-order chi connectivity index (χ0) is 20.1. The Balaban J connectivity index is 1.92. The molecule has 3 rings (SSSR count). The second kappa shape index (κ2) is 8.45. The maximum Gasteiger partial charge on any atom is 0.262 e. The van der Waals surface area contributed by atoms with Gasteiger partial charge in [-0.15, -0.1) is 0 Å². The highest BCUT2D eigenvalue weighted by molar-refractivity contribution is 9.10. The molecule has 0 saturated heterocycles. The van der Waals surface area contributed by atoms with Crippen LogP contribution < -0.4 is 14.8 Å². The third-order valence-corrected chi connectivity index (χ3v) is 5.94. The number of carbonyl (C=O) groups excluding carboxylic acids is 1. The summed E-state index contributed by atoms with van der Waals surface area (Å²) in [6.07, 6.45) is 0. The van der Waals surface area contributed by atoms with Gasteiger partial charge in [0.1, 0.15) is 5.75 Å². The molecular weight excluding hydrogens is 444 g/mol. The standard InChI is InChI=1S/C20H17BrN2O4S/c1-27-19-12-11-15(28(25,26)23-17-10-6-5-9-16(17)21)13-18(19)22-20(24)14-7-3-2-4-8-14/h2-13,23H,1H3,(H,22,24). The minimum Gasteiger partial charge on any atom is -0.495 e. The number of sulfonamides is 1. The second-order valence-corrected chi connectivity index (χ2v) is 8.30. The summed E-state index contributed by atoms with van der Waals surface area (Å²) in [6.45, 7) is 0. The van der Waals surface area contributed by atoms with Gasteiger partial charge in [-0.25, -0.2) is 8.42 Å².